The number of ether oxygens (including phenoxy) is 1. The third-order valence-electron chi connectivity index (χ3n) is 1.87. The van der Waals surface area contributed by atoms with E-state index in [1.165, 1.54) is 6.33 Å². The molecule has 0 radical (unpaired) electrons. The first kappa shape index (κ1) is 11.4. The minimum Gasteiger partial charge on any atom is -0.383 e. The third kappa shape index (κ3) is 3.23. The van der Waals surface area contributed by atoms with Crippen molar-refractivity contribution in [3.05, 3.63) is 17.0 Å². The SMILES string of the molecule is CCC(COC)Nc1ncncc1Br. The molecule has 1 heterocycles. The molecule has 0 spiro atoms. The third-order valence-corrected chi connectivity index (χ3v) is 2.45. The molecule has 1 unspecified atom stereocenters. The highest BCUT2D eigenvalue weighted by molar-refractivity contribution is 9.10. The van der Waals surface area contributed by atoms with Crippen LogP contribution in [0.15, 0.2) is 17.0 Å². The lowest BCUT2D eigenvalue weighted by Gasteiger charge is -2.16. The number of aromatic nitrogens is 2. The molecule has 5 heteroatoms. The van der Waals surface area contributed by atoms with Crippen LogP contribution >= 0.6 is 15.9 Å². The van der Waals surface area contributed by atoms with Crippen molar-refractivity contribution in [2.24, 2.45) is 0 Å². The number of nitrogens with one attached hydrogen (secondary N) is 1. The van der Waals surface area contributed by atoms with Crippen molar-refractivity contribution in [3.8, 4) is 0 Å². The summed E-state index contributed by atoms with van der Waals surface area (Å²) in [6.07, 6.45) is 4.23. The van der Waals surface area contributed by atoms with Gasteiger partial charge in [-0.1, -0.05) is 6.92 Å². The predicted molar refractivity (Wildman–Crippen MR) is 59.3 cm³/mol. The Balaban J connectivity index is 2.62. The molecule has 0 fully saturated rings. The zero-order valence-corrected chi connectivity index (χ0v) is 9.91. The molecule has 0 aliphatic rings. The number of halogens is 1. The fraction of sp³-hybridized carbons (Fsp3) is 0.556. The quantitative estimate of drug-likeness (QED) is 0.880. The first-order valence-electron chi connectivity index (χ1n) is 4.49. The van der Waals surface area contributed by atoms with Crippen LogP contribution in [0.3, 0.4) is 0 Å². The minimum absolute atomic E-state index is 0.284. The van der Waals surface area contributed by atoms with Gasteiger partial charge in [-0.05, 0) is 22.4 Å². The standard InChI is InChI=1S/C9H14BrN3O/c1-3-7(5-14-2)13-9-8(10)4-11-6-12-9/h4,6-7H,3,5H2,1-2H3,(H,11,12,13). The monoisotopic (exact) mass is 259 g/mol. The van der Waals surface area contributed by atoms with E-state index in [0.29, 0.717) is 6.61 Å². The van der Waals surface area contributed by atoms with Crippen LogP contribution in [0.4, 0.5) is 5.82 Å². The van der Waals surface area contributed by atoms with Gasteiger partial charge < -0.3 is 10.1 Å². The largest absolute Gasteiger partial charge is 0.383 e. The summed E-state index contributed by atoms with van der Waals surface area (Å²) in [4.78, 5) is 8.02. The Bertz CT molecular complexity index is 283. The van der Waals surface area contributed by atoms with E-state index in [-0.39, 0.29) is 6.04 Å². The molecule has 78 valence electrons. The summed E-state index contributed by atoms with van der Waals surface area (Å²) >= 11 is 3.38. The molecule has 0 amide bonds. The fourth-order valence-corrected chi connectivity index (χ4v) is 1.41. The van der Waals surface area contributed by atoms with Gasteiger partial charge in [-0.2, -0.15) is 0 Å². The van der Waals surface area contributed by atoms with Crippen LogP contribution in [-0.4, -0.2) is 29.7 Å². The lowest BCUT2D eigenvalue weighted by atomic mass is 10.2. The molecule has 1 aromatic rings. The van der Waals surface area contributed by atoms with Gasteiger partial charge in [-0.25, -0.2) is 9.97 Å². The van der Waals surface area contributed by atoms with Crippen molar-refractivity contribution in [3.63, 3.8) is 0 Å². The molecule has 4 nitrogen and oxygen atoms in total. The Labute approximate surface area is 92.2 Å². The molecular weight excluding hydrogens is 246 g/mol. The van der Waals surface area contributed by atoms with Gasteiger partial charge >= 0.3 is 0 Å². The topological polar surface area (TPSA) is 47.0 Å². The van der Waals surface area contributed by atoms with Crippen molar-refractivity contribution in [2.75, 3.05) is 19.0 Å². The predicted octanol–water partition coefficient (Wildman–Crippen LogP) is 2.08. The molecule has 0 bridgehead atoms. The highest BCUT2D eigenvalue weighted by Crippen LogP contribution is 2.18. The van der Waals surface area contributed by atoms with Crippen LogP contribution in [0.2, 0.25) is 0 Å². The van der Waals surface area contributed by atoms with E-state index in [1.807, 2.05) is 0 Å². The van der Waals surface area contributed by atoms with E-state index in [9.17, 15) is 0 Å². The maximum Gasteiger partial charge on any atom is 0.144 e. The highest BCUT2D eigenvalue weighted by Gasteiger charge is 2.08. The summed E-state index contributed by atoms with van der Waals surface area (Å²) in [6.45, 7) is 2.78. The van der Waals surface area contributed by atoms with Crippen molar-refractivity contribution in [2.45, 2.75) is 19.4 Å². The van der Waals surface area contributed by atoms with Gasteiger partial charge in [0.2, 0.25) is 0 Å². The van der Waals surface area contributed by atoms with Crippen molar-refractivity contribution in [1.29, 1.82) is 0 Å². The van der Waals surface area contributed by atoms with Gasteiger partial charge in [-0.15, -0.1) is 0 Å². The lowest BCUT2D eigenvalue weighted by Crippen LogP contribution is -2.24. The molecule has 1 aromatic heterocycles. The maximum atomic E-state index is 5.09. The summed E-state index contributed by atoms with van der Waals surface area (Å²) in [5.41, 5.74) is 0. The zero-order valence-electron chi connectivity index (χ0n) is 8.33. The summed E-state index contributed by atoms with van der Waals surface area (Å²) < 4.78 is 5.96. The Hall–Kier alpha value is -0.680. The van der Waals surface area contributed by atoms with Crippen molar-refractivity contribution in [1.82, 2.24) is 9.97 Å². The molecule has 0 saturated carbocycles. The van der Waals surface area contributed by atoms with Crippen LogP contribution in [0, 0.1) is 0 Å². The van der Waals surface area contributed by atoms with E-state index in [2.05, 4.69) is 38.1 Å². The summed E-state index contributed by atoms with van der Waals surface area (Å²) in [5, 5.41) is 3.27. The van der Waals surface area contributed by atoms with Crippen LogP contribution in [0.1, 0.15) is 13.3 Å². The number of hydrogen-bond donors (Lipinski definition) is 1. The average molecular weight is 260 g/mol. The van der Waals surface area contributed by atoms with Crippen LogP contribution in [0.5, 0.6) is 0 Å². The van der Waals surface area contributed by atoms with E-state index < -0.39 is 0 Å². The molecule has 1 rings (SSSR count). The molecular formula is C9H14BrN3O. The number of hydrogen-bond acceptors (Lipinski definition) is 4. The zero-order chi connectivity index (χ0) is 10.4. The Kier molecular flexibility index (Phi) is 4.82. The molecule has 14 heavy (non-hydrogen) atoms. The van der Waals surface area contributed by atoms with Crippen molar-refractivity contribution >= 4 is 21.7 Å². The van der Waals surface area contributed by atoms with Gasteiger partial charge in [0.1, 0.15) is 12.1 Å². The highest BCUT2D eigenvalue weighted by atomic mass is 79.9. The summed E-state index contributed by atoms with van der Waals surface area (Å²) in [7, 11) is 1.69. The molecule has 0 aliphatic carbocycles. The average Bonchev–Trinajstić information content (AvgIpc) is 2.20. The smallest absolute Gasteiger partial charge is 0.144 e. The van der Waals surface area contributed by atoms with Gasteiger partial charge in [0, 0.05) is 13.3 Å². The Morgan fingerprint density at radius 1 is 1.64 bits per heavy atom. The van der Waals surface area contributed by atoms with Gasteiger partial charge in [0.15, 0.2) is 0 Å². The van der Waals surface area contributed by atoms with Crippen LogP contribution in [0.25, 0.3) is 0 Å². The van der Waals surface area contributed by atoms with Crippen LogP contribution in [-0.2, 0) is 4.74 Å². The van der Waals surface area contributed by atoms with Gasteiger partial charge in [-0.3, -0.25) is 0 Å². The normalized spacial score (nSPS) is 12.5. The number of rotatable bonds is 5. The van der Waals surface area contributed by atoms with E-state index in [0.717, 1.165) is 16.7 Å². The Morgan fingerprint density at radius 3 is 3.00 bits per heavy atom. The second kappa shape index (κ2) is 5.93. The van der Waals surface area contributed by atoms with E-state index in [1.54, 1.807) is 13.3 Å². The number of methoxy groups -OCH3 is 1. The molecule has 1 N–H and O–H groups in total. The van der Waals surface area contributed by atoms with Gasteiger partial charge in [0.25, 0.3) is 0 Å². The Morgan fingerprint density at radius 2 is 2.43 bits per heavy atom. The van der Waals surface area contributed by atoms with Gasteiger partial charge in [0.05, 0.1) is 17.1 Å². The molecule has 0 aliphatic heterocycles. The number of anilines is 1. The van der Waals surface area contributed by atoms with Crippen molar-refractivity contribution < 1.29 is 4.74 Å². The summed E-state index contributed by atoms with van der Waals surface area (Å²) in [6, 6.07) is 0.284. The maximum absolute atomic E-state index is 5.09. The minimum atomic E-state index is 0.284. The second-order valence-electron chi connectivity index (χ2n) is 2.92. The first-order chi connectivity index (χ1) is 6.77. The molecule has 0 saturated heterocycles. The molecule has 1 atom stereocenters. The number of nitrogens with zero attached hydrogens (tertiary/aromatic N) is 2. The van der Waals surface area contributed by atoms with Crippen LogP contribution < -0.4 is 5.32 Å². The van der Waals surface area contributed by atoms with E-state index in [4.69, 9.17) is 4.74 Å². The first-order valence-corrected chi connectivity index (χ1v) is 5.28. The fourth-order valence-electron chi connectivity index (χ4n) is 1.07. The molecule has 0 aromatic carbocycles. The second-order valence-corrected chi connectivity index (χ2v) is 3.78. The lowest BCUT2D eigenvalue weighted by molar-refractivity contribution is 0.184. The van der Waals surface area contributed by atoms with E-state index >= 15 is 0 Å². The summed E-state index contributed by atoms with van der Waals surface area (Å²) in [5.74, 6) is 0.809.